The average molecular weight is 428 g/mol. The number of anilines is 2. The summed E-state index contributed by atoms with van der Waals surface area (Å²) in [4.78, 5) is 27.5. The summed E-state index contributed by atoms with van der Waals surface area (Å²) in [5, 5.41) is 2.90. The number of nitrogens with zero attached hydrogens (tertiary/aromatic N) is 5. The Hall–Kier alpha value is -4.20. The summed E-state index contributed by atoms with van der Waals surface area (Å²) in [5.41, 5.74) is 2.30. The smallest absolute Gasteiger partial charge is 0.255 e. The van der Waals surface area contributed by atoms with Gasteiger partial charge in [0.15, 0.2) is 0 Å². The van der Waals surface area contributed by atoms with Crippen LogP contribution in [0, 0.1) is 13.8 Å². The van der Waals surface area contributed by atoms with Crippen molar-refractivity contribution in [1.29, 1.82) is 0 Å². The van der Waals surface area contributed by atoms with Gasteiger partial charge in [-0.05, 0) is 62.4 Å². The number of aromatic nitrogens is 4. The number of hydrogen-bond acceptors (Lipinski definition) is 6. The van der Waals surface area contributed by atoms with Crippen molar-refractivity contribution in [2.45, 2.75) is 13.8 Å². The molecule has 1 amide bonds. The number of hydrogen-bond donors (Lipinski definition) is 1. The minimum Gasteiger partial charge on any atom is -0.439 e. The average Bonchev–Trinajstić information content (AvgIpc) is 3.20. The first-order valence-corrected chi connectivity index (χ1v) is 10.1. The monoisotopic (exact) mass is 428 g/mol. The summed E-state index contributed by atoms with van der Waals surface area (Å²) in [6.07, 6.45) is 3.56. The van der Waals surface area contributed by atoms with Crippen LogP contribution in [0.25, 0.3) is 5.82 Å². The molecule has 0 fully saturated rings. The van der Waals surface area contributed by atoms with Gasteiger partial charge in [-0.2, -0.15) is 4.98 Å². The van der Waals surface area contributed by atoms with Gasteiger partial charge in [0.05, 0.1) is 0 Å². The largest absolute Gasteiger partial charge is 0.439 e. The van der Waals surface area contributed by atoms with Crippen molar-refractivity contribution in [3.63, 3.8) is 0 Å². The van der Waals surface area contributed by atoms with Crippen LogP contribution in [0.4, 0.5) is 11.4 Å². The molecule has 4 aromatic rings. The maximum atomic E-state index is 12.5. The van der Waals surface area contributed by atoms with Gasteiger partial charge in [-0.3, -0.25) is 9.36 Å². The van der Waals surface area contributed by atoms with Gasteiger partial charge in [-0.15, -0.1) is 0 Å². The van der Waals surface area contributed by atoms with Gasteiger partial charge in [0.1, 0.15) is 23.2 Å². The lowest BCUT2D eigenvalue weighted by molar-refractivity contribution is 0.102. The second-order valence-electron chi connectivity index (χ2n) is 7.48. The molecule has 0 unspecified atom stereocenters. The fourth-order valence-corrected chi connectivity index (χ4v) is 3.16. The van der Waals surface area contributed by atoms with Crippen LogP contribution in [-0.2, 0) is 0 Å². The third kappa shape index (κ3) is 4.75. The van der Waals surface area contributed by atoms with E-state index in [0.717, 1.165) is 11.5 Å². The summed E-state index contributed by atoms with van der Waals surface area (Å²) < 4.78 is 7.78. The first kappa shape index (κ1) is 21.0. The number of nitrogens with one attached hydrogen (secondary N) is 1. The molecule has 0 aliphatic rings. The Labute approximate surface area is 186 Å². The molecule has 4 rings (SSSR count). The van der Waals surface area contributed by atoms with Crippen molar-refractivity contribution < 1.29 is 9.53 Å². The zero-order chi connectivity index (χ0) is 22.7. The number of carbonyl (C=O) groups is 1. The lowest BCUT2D eigenvalue weighted by Crippen LogP contribution is -2.13. The molecule has 0 atom stereocenters. The molecule has 0 bridgehead atoms. The highest BCUT2D eigenvalue weighted by molar-refractivity contribution is 6.04. The van der Waals surface area contributed by atoms with Gasteiger partial charge in [0, 0.05) is 49.5 Å². The zero-order valence-corrected chi connectivity index (χ0v) is 18.4. The van der Waals surface area contributed by atoms with E-state index in [1.54, 1.807) is 48.7 Å². The van der Waals surface area contributed by atoms with Crippen LogP contribution < -0.4 is 15.0 Å². The normalized spacial score (nSPS) is 10.6. The van der Waals surface area contributed by atoms with Gasteiger partial charge >= 0.3 is 0 Å². The van der Waals surface area contributed by atoms with Gasteiger partial charge < -0.3 is 15.0 Å². The lowest BCUT2D eigenvalue weighted by atomic mass is 10.2. The SMILES string of the molecule is Cc1nc(Oc2ccc(NC(=O)c3ccc(N(C)C)cc3)cc2)cc(-n2ccnc2C)n1. The molecule has 0 spiro atoms. The molecule has 2 heterocycles. The van der Waals surface area contributed by atoms with E-state index in [9.17, 15) is 4.79 Å². The molecule has 32 heavy (non-hydrogen) atoms. The molecule has 2 aromatic carbocycles. The van der Waals surface area contributed by atoms with Crippen LogP contribution in [0.3, 0.4) is 0 Å². The summed E-state index contributed by atoms with van der Waals surface area (Å²) in [5.74, 6) is 2.96. The highest BCUT2D eigenvalue weighted by atomic mass is 16.5. The van der Waals surface area contributed by atoms with Gasteiger partial charge in [-0.25, -0.2) is 9.97 Å². The summed E-state index contributed by atoms with van der Waals surface area (Å²) >= 11 is 0. The molecule has 1 N–H and O–H groups in total. The Balaban J connectivity index is 1.44. The van der Waals surface area contributed by atoms with Crippen LogP contribution in [0.2, 0.25) is 0 Å². The highest BCUT2D eigenvalue weighted by Crippen LogP contribution is 2.24. The van der Waals surface area contributed by atoms with Crippen molar-refractivity contribution in [3.05, 3.63) is 84.2 Å². The van der Waals surface area contributed by atoms with Gasteiger partial charge in [0.2, 0.25) is 5.88 Å². The standard InChI is InChI=1S/C24H24N6O2/c1-16-26-22(30-14-13-25-17(30)2)15-23(27-16)32-21-11-7-19(8-12-21)28-24(31)18-5-9-20(10-6-18)29(3)4/h5-15H,1-4H3,(H,28,31). The van der Waals surface area contributed by atoms with Crippen LogP contribution >= 0.6 is 0 Å². The molecule has 162 valence electrons. The molecule has 8 nitrogen and oxygen atoms in total. The van der Waals surface area contributed by atoms with Crippen LogP contribution in [-0.4, -0.2) is 39.5 Å². The Morgan fingerprint density at radius 3 is 2.34 bits per heavy atom. The zero-order valence-electron chi connectivity index (χ0n) is 18.4. The number of rotatable bonds is 6. The first-order chi connectivity index (χ1) is 15.4. The number of aryl methyl sites for hydroxylation is 2. The van der Waals surface area contributed by atoms with Crippen LogP contribution in [0.1, 0.15) is 22.0 Å². The third-order valence-corrected chi connectivity index (χ3v) is 4.85. The van der Waals surface area contributed by atoms with E-state index in [1.165, 1.54) is 0 Å². The van der Waals surface area contributed by atoms with Crippen molar-refractivity contribution in [2.24, 2.45) is 0 Å². The summed E-state index contributed by atoms with van der Waals surface area (Å²) in [6, 6.07) is 16.3. The fourth-order valence-electron chi connectivity index (χ4n) is 3.16. The molecule has 0 saturated heterocycles. The minimum atomic E-state index is -0.171. The predicted octanol–water partition coefficient (Wildman–Crippen LogP) is 4.39. The maximum Gasteiger partial charge on any atom is 0.255 e. The third-order valence-electron chi connectivity index (χ3n) is 4.85. The molecule has 0 aliphatic heterocycles. The second kappa shape index (κ2) is 8.89. The van der Waals surface area contributed by atoms with E-state index in [4.69, 9.17) is 4.74 Å². The van der Waals surface area contributed by atoms with Crippen LogP contribution in [0.5, 0.6) is 11.6 Å². The molecule has 8 heteroatoms. The molecule has 0 aliphatic carbocycles. The quantitative estimate of drug-likeness (QED) is 0.490. The minimum absolute atomic E-state index is 0.171. The predicted molar refractivity (Wildman–Crippen MR) is 124 cm³/mol. The van der Waals surface area contributed by atoms with E-state index in [1.807, 2.05) is 55.7 Å². The Morgan fingerprint density at radius 2 is 1.72 bits per heavy atom. The van der Waals surface area contributed by atoms with E-state index in [0.29, 0.717) is 34.5 Å². The number of carbonyl (C=O) groups excluding carboxylic acids is 1. The van der Waals surface area contributed by atoms with Crippen LogP contribution in [0.15, 0.2) is 67.0 Å². The molecule has 0 radical (unpaired) electrons. The lowest BCUT2D eigenvalue weighted by Gasteiger charge is -2.13. The van der Waals surface area contributed by atoms with E-state index in [-0.39, 0.29) is 5.91 Å². The van der Waals surface area contributed by atoms with Gasteiger partial charge in [-0.1, -0.05) is 0 Å². The number of imidazole rings is 1. The number of benzene rings is 2. The number of amides is 1. The molecule has 0 saturated carbocycles. The maximum absolute atomic E-state index is 12.5. The van der Waals surface area contributed by atoms with Crippen molar-refractivity contribution in [1.82, 2.24) is 19.5 Å². The highest BCUT2D eigenvalue weighted by Gasteiger charge is 2.10. The molecular formula is C24H24N6O2. The first-order valence-electron chi connectivity index (χ1n) is 10.1. The molecular weight excluding hydrogens is 404 g/mol. The summed E-state index contributed by atoms with van der Waals surface area (Å²) in [6.45, 7) is 3.72. The fraction of sp³-hybridized carbons (Fsp3) is 0.167. The van der Waals surface area contributed by atoms with Gasteiger partial charge in [0.25, 0.3) is 5.91 Å². The van der Waals surface area contributed by atoms with E-state index >= 15 is 0 Å². The van der Waals surface area contributed by atoms with Crippen molar-refractivity contribution in [3.8, 4) is 17.4 Å². The summed E-state index contributed by atoms with van der Waals surface area (Å²) in [7, 11) is 3.92. The molecule has 2 aromatic heterocycles. The van der Waals surface area contributed by atoms with E-state index < -0.39 is 0 Å². The topological polar surface area (TPSA) is 85.2 Å². The Kier molecular flexibility index (Phi) is 5.85. The Bertz CT molecular complexity index is 1230. The Morgan fingerprint density at radius 1 is 1.00 bits per heavy atom. The second-order valence-corrected chi connectivity index (χ2v) is 7.48. The van der Waals surface area contributed by atoms with Crippen molar-refractivity contribution >= 4 is 17.3 Å². The van der Waals surface area contributed by atoms with E-state index in [2.05, 4.69) is 20.3 Å². The number of ether oxygens (including phenoxy) is 1. The van der Waals surface area contributed by atoms with Crippen molar-refractivity contribution in [2.75, 3.05) is 24.3 Å².